The second kappa shape index (κ2) is 5.39. The maximum absolute atomic E-state index is 12.2. The lowest BCUT2D eigenvalue weighted by Crippen LogP contribution is -2.35. The molecule has 0 bridgehead atoms. The van der Waals surface area contributed by atoms with Crippen molar-refractivity contribution in [3.63, 3.8) is 0 Å². The Bertz CT molecular complexity index is 142. The van der Waals surface area contributed by atoms with Gasteiger partial charge in [-0.15, -0.1) is 0 Å². The lowest BCUT2D eigenvalue weighted by atomic mass is 10.3. The van der Waals surface area contributed by atoms with Crippen LogP contribution < -0.4 is 5.73 Å². The van der Waals surface area contributed by atoms with Crippen LogP contribution in [0.1, 0.15) is 13.3 Å². The van der Waals surface area contributed by atoms with Gasteiger partial charge in [0.25, 0.3) is 0 Å². The second-order valence-electron chi connectivity index (χ2n) is 2.75. The van der Waals surface area contributed by atoms with Crippen molar-refractivity contribution in [2.75, 3.05) is 13.2 Å². The van der Waals surface area contributed by atoms with Crippen molar-refractivity contribution in [3.8, 4) is 0 Å². The monoisotopic (exact) mass is 203 g/mol. The van der Waals surface area contributed by atoms with Crippen LogP contribution in [0.2, 0.25) is 0 Å². The van der Waals surface area contributed by atoms with Crippen molar-refractivity contribution in [2.45, 2.75) is 31.7 Å². The molecule has 0 heterocycles. The van der Waals surface area contributed by atoms with Gasteiger partial charge in [-0.2, -0.15) is 8.78 Å². The minimum Gasteiger partial charge on any atom is -0.373 e. The maximum atomic E-state index is 12.2. The topological polar surface area (TPSA) is 35.2 Å². The first-order valence-electron chi connectivity index (χ1n) is 3.89. The highest BCUT2D eigenvalue weighted by Crippen LogP contribution is 2.22. The molecule has 0 aromatic heterocycles. The van der Waals surface area contributed by atoms with E-state index in [1.54, 1.807) is 6.92 Å². The van der Waals surface area contributed by atoms with Gasteiger partial charge in [0.2, 0.25) is 0 Å². The van der Waals surface area contributed by atoms with Gasteiger partial charge in [-0.05, 0) is 6.42 Å². The number of alkyl halides is 4. The Labute approximate surface area is 74.0 Å². The first kappa shape index (κ1) is 12.6. The van der Waals surface area contributed by atoms with Crippen LogP contribution in [0, 0.1) is 0 Å². The molecule has 0 aromatic carbocycles. The molecule has 0 aromatic rings. The van der Waals surface area contributed by atoms with Crippen LogP contribution in [0.3, 0.4) is 0 Å². The fourth-order valence-corrected chi connectivity index (χ4v) is 0.527. The average molecular weight is 203 g/mol. The molecular formula is C7H13F4NO. The number of ether oxygens (including phenoxy) is 1. The fourth-order valence-electron chi connectivity index (χ4n) is 0.527. The summed E-state index contributed by atoms with van der Waals surface area (Å²) in [6, 6.07) is -0.381. The molecule has 2 N–H and O–H groups in total. The van der Waals surface area contributed by atoms with Crippen molar-refractivity contribution in [3.05, 3.63) is 0 Å². The van der Waals surface area contributed by atoms with E-state index in [9.17, 15) is 17.6 Å². The summed E-state index contributed by atoms with van der Waals surface area (Å²) in [4.78, 5) is 0. The molecular weight excluding hydrogens is 190 g/mol. The van der Waals surface area contributed by atoms with E-state index in [0.29, 0.717) is 6.42 Å². The summed E-state index contributed by atoms with van der Waals surface area (Å²) in [5.74, 6) is -4.08. The molecule has 0 aliphatic heterocycles. The molecule has 0 spiro atoms. The van der Waals surface area contributed by atoms with Gasteiger partial charge >= 0.3 is 12.3 Å². The molecule has 0 aliphatic rings. The third-order valence-corrected chi connectivity index (χ3v) is 1.47. The summed E-state index contributed by atoms with van der Waals surface area (Å²) in [5, 5.41) is 0. The van der Waals surface area contributed by atoms with Gasteiger partial charge in [0, 0.05) is 6.04 Å². The summed E-state index contributed by atoms with van der Waals surface area (Å²) >= 11 is 0. The zero-order chi connectivity index (χ0) is 10.5. The summed E-state index contributed by atoms with van der Waals surface area (Å²) in [6.45, 7) is 0.344. The van der Waals surface area contributed by atoms with E-state index >= 15 is 0 Å². The van der Waals surface area contributed by atoms with Crippen LogP contribution in [-0.2, 0) is 4.74 Å². The molecule has 80 valence electrons. The molecule has 13 heavy (non-hydrogen) atoms. The minimum atomic E-state index is -4.08. The van der Waals surface area contributed by atoms with Crippen LogP contribution in [0.5, 0.6) is 0 Å². The molecule has 0 saturated heterocycles. The van der Waals surface area contributed by atoms with Gasteiger partial charge in [-0.1, -0.05) is 6.92 Å². The van der Waals surface area contributed by atoms with Gasteiger partial charge in [-0.3, -0.25) is 0 Å². The molecule has 0 fully saturated rings. The summed E-state index contributed by atoms with van der Waals surface area (Å²) in [6.07, 6.45) is -3.13. The van der Waals surface area contributed by atoms with E-state index in [1.807, 2.05) is 0 Å². The first-order chi connectivity index (χ1) is 5.90. The number of hydrogen-bond acceptors (Lipinski definition) is 2. The Hall–Kier alpha value is -0.360. The lowest BCUT2D eigenvalue weighted by molar-refractivity contribution is -0.166. The first-order valence-corrected chi connectivity index (χ1v) is 3.89. The highest BCUT2D eigenvalue weighted by Gasteiger charge is 2.40. The molecule has 0 aliphatic carbocycles. The van der Waals surface area contributed by atoms with E-state index < -0.39 is 19.0 Å². The Morgan fingerprint density at radius 1 is 1.38 bits per heavy atom. The van der Waals surface area contributed by atoms with Crippen LogP contribution in [0.25, 0.3) is 0 Å². The second-order valence-corrected chi connectivity index (χ2v) is 2.75. The molecule has 0 rings (SSSR count). The molecule has 2 nitrogen and oxygen atoms in total. The van der Waals surface area contributed by atoms with Crippen molar-refractivity contribution >= 4 is 0 Å². The van der Waals surface area contributed by atoms with Crippen molar-refractivity contribution < 1.29 is 22.3 Å². The Morgan fingerprint density at radius 3 is 2.31 bits per heavy atom. The molecule has 0 saturated carbocycles. The van der Waals surface area contributed by atoms with Gasteiger partial charge in [0.1, 0.15) is 6.61 Å². The maximum Gasteiger partial charge on any atom is 0.330 e. The van der Waals surface area contributed by atoms with Crippen molar-refractivity contribution in [1.82, 2.24) is 0 Å². The molecule has 0 unspecified atom stereocenters. The van der Waals surface area contributed by atoms with Gasteiger partial charge in [0.15, 0.2) is 0 Å². The largest absolute Gasteiger partial charge is 0.373 e. The normalized spacial score (nSPS) is 15.0. The van der Waals surface area contributed by atoms with Crippen LogP contribution >= 0.6 is 0 Å². The van der Waals surface area contributed by atoms with Gasteiger partial charge in [0.05, 0.1) is 6.61 Å². The van der Waals surface area contributed by atoms with Crippen molar-refractivity contribution in [1.29, 1.82) is 0 Å². The summed E-state index contributed by atoms with van der Waals surface area (Å²) < 4.78 is 51.8. The molecule has 0 amide bonds. The third kappa shape index (κ3) is 5.05. The lowest BCUT2D eigenvalue weighted by Gasteiger charge is -2.16. The highest BCUT2D eigenvalue weighted by atomic mass is 19.3. The van der Waals surface area contributed by atoms with E-state index in [-0.39, 0.29) is 12.6 Å². The number of nitrogens with two attached hydrogens (primary N) is 1. The Kier molecular flexibility index (Phi) is 5.24. The number of halogens is 4. The Morgan fingerprint density at radius 2 is 1.92 bits per heavy atom. The predicted octanol–water partition coefficient (Wildman–Crippen LogP) is 1.64. The predicted molar refractivity (Wildman–Crippen MR) is 40.0 cm³/mol. The zero-order valence-electron chi connectivity index (χ0n) is 7.27. The molecule has 1 atom stereocenters. The van der Waals surface area contributed by atoms with E-state index in [1.165, 1.54) is 0 Å². The standard InChI is InChI=1S/C7H13F4NO/c1-2-5(12)3-13-4-7(10,11)6(8)9/h5-6H,2-4,12H2,1H3/t5-/m0/s1. The quantitative estimate of drug-likeness (QED) is 0.666. The number of hydrogen-bond donors (Lipinski definition) is 1. The fraction of sp³-hybridized carbons (Fsp3) is 1.00. The third-order valence-electron chi connectivity index (χ3n) is 1.47. The minimum absolute atomic E-state index is 0.126. The van der Waals surface area contributed by atoms with Gasteiger partial charge < -0.3 is 10.5 Å². The molecule has 6 heteroatoms. The van der Waals surface area contributed by atoms with E-state index in [4.69, 9.17) is 5.73 Å². The SMILES string of the molecule is CC[C@H](N)COCC(F)(F)C(F)F. The van der Waals surface area contributed by atoms with E-state index in [2.05, 4.69) is 4.74 Å². The molecule has 0 radical (unpaired) electrons. The summed E-state index contributed by atoms with van der Waals surface area (Å²) in [7, 11) is 0. The van der Waals surface area contributed by atoms with Crippen LogP contribution in [0.4, 0.5) is 17.6 Å². The highest BCUT2D eigenvalue weighted by molar-refractivity contribution is 4.68. The average Bonchev–Trinajstić information content (AvgIpc) is 2.03. The Balaban J connectivity index is 3.63. The number of rotatable bonds is 6. The van der Waals surface area contributed by atoms with E-state index in [0.717, 1.165) is 0 Å². The summed E-state index contributed by atoms with van der Waals surface area (Å²) in [5.41, 5.74) is 5.32. The zero-order valence-corrected chi connectivity index (χ0v) is 7.27. The smallest absolute Gasteiger partial charge is 0.330 e. The van der Waals surface area contributed by atoms with Gasteiger partial charge in [-0.25, -0.2) is 8.78 Å². The van der Waals surface area contributed by atoms with Crippen molar-refractivity contribution in [2.24, 2.45) is 5.73 Å². The van der Waals surface area contributed by atoms with Crippen LogP contribution in [-0.4, -0.2) is 31.6 Å². The van der Waals surface area contributed by atoms with Crippen LogP contribution in [0.15, 0.2) is 0 Å².